The second-order valence-electron chi connectivity index (χ2n) is 7.50. The lowest BCUT2D eigenvalue weighted by atomic mass is 10.1. The summed E-state index contributed by atoms with van der Waals surface area (Å²) in [6.07, 6.45) is 6.90. The summed E-state index contributed by atoms with van der Waals surface area (Å²) in [7, 11) is 0. The first-order chi connectivity index (χ1) is 12.3. The van der Waals surface area contributed by atoms with Gasteiger partial charge in [-0.2, -0.15) is 5.10 Å². The van der Waals surface area contributed by atoms with Crippen LogP contribution in [0, 0.1) is 5.92 Å². The van der Waals surface area contributed by atoms with Crippen LogP contribution in [-0.4, -0.2) is 55.7 Å². The highest BCUT2D eigenvalue weighted by Gasteiger charge is 2.35. The summed E-state index contributed by atoms with van der Waals surface area (Å²) in [6.45, 7) is 2.64. The fourth-order valence-electron chi connectivity index (χ4n) is 3.17. The summed E-state index contributed by atoms with van der Waals surface area (Å²) in [5.74, 6) is 1.32. The highest BCUT2D eigenvalue weighted by molar-refractivity contribution is 5.93. The van der Waals surface area contributed by atoms with Crippen LogP contribution >= 0.6 is 0 Å². The average molecular weight is 342 g/mol. The Hall–Kier alpha value is -2.22. The monoisotopic (exact) mass is 342 g/mol. The Bertz CT molecular complexity index is 770. The van der Waals surface area contributed by atoms with Gasteiger partial charge in [-0.05, 0) is 37.7 Å². The maximum atomic E-state index is 12.5. The lowest BCUT2D eigenvalue weighted by Gasteiger charge is -2.38. The second kappa shape index (κ2) is 5.94. The summed E-state index contributed by atoms with van der Waals surface area (Å²) >= 11 is 0. The van der Waals surface area contributed by atoms with Gasteiger partial charge in [0, 0.05) is 31.3 Å². The number of amides is 1. The minimum atomic E-state index is -0.00694. The number of hydrogen-bond donors (Lipinski definition) is 1. The molecule has 8 heteroatoms. The quantitative estimate of drug-likeness (QED) is 0.824. The van der Waals surface area contributed by atoms with Crippen molar-refractivity contribution < 1.29 is 9.53 Å². The third-order valence-corrected chi connectivity index (χ3v) is 5.22. The molecule has 3 aliphatic rings. The maximum Gasteiger partial charge on any atom is 0.274 e. The fourth-order valence-corrected chi connectivity index (χ4v) is 3.17. The van der Waals surface area contributed by atoms with E-state index in [-0.39, 0.29) is 11.9 Å². The number of likely N-dealkylation sites (tertiary alicyclic amines) is 1. The van der Waals surface area contributed by atoms with Crippen LogP contribution in [0.5, 0.6) is 0 Å². The van der Waals surface area contributed by atoms with Gasteiger partial charge < -0.3 is 9.64 Å². The number of ether oxygens (including phenoxy) is 1. The molecule has 3 heterocycles. The van der Waals surface area contributed by atoms with E-state index < -0.39 is 0 Å². The Morgan fingerprint density at radius 3 is 2.88 bits per heavy atom. The molecule has 2 saturated carbocycles. The fraction of sp³-hybridized carbons (Fsp3) is 0.647. The highest BCUT2D eigenvalue weighted by atomic mass is 16.5. The summed E-state index contributed by atoms with van der Waals surface area (Å²) in [5, 5.41) is 15.5. The summed E-state index contributed by atoms with van der Waals surface area (Å²) < 4.78 is 7.49. The van der Waals surface area contributed by atoms with Gasteiger partial charge in [0.05, 0.1) is 18.8 Å². The van der Waals surface area contributed by atoms with Gasteiger partial charge in [0.25, 0.3) is 5.91 Å². The van der Waals surface area contributed by atoms with Crippen molar-refractivity contribution in [2.45, 2.75) is 44.2 Å². The van der Waals surface area contributed by atoms with Crippen molar-refractivity contribution in [1.29, 1.82) is 0 Å². The molecule has 8 nitrogen and oxygen atoms in total. The molecule has 0 atom stereocenters. The largest absolute Gasteiger partial charge is 0.375 e. The van der Waals surface area contributed by atoms with Crippen molar-refractivity contribution in [3.05, 3.63) is 29.3 Å². The average Bonchev–Trinajstić information content (AvgIpc) is 3.49. The van der Waals surface area contributed by atoms with Crippen LogP contribution in [-0.2, 0) is 11.3 Å². The van der Waals surface area contributed by atoms with Crippen LogP contribution in [0.2, 0.25) is 0 Å². The summed E-state index contributed by atoms with van der Waals surface area (Å²) in [4.78, 5) is 14.3. The van der Waals surface area contributed by atoms with Gasteiger partial charge in [-0.3, -0.25) is 9.89 Å². The van der Waals surface area contributed by atoms with Crippen molar-refractivity contribution in [3.8, 4) is 0 Å². The van der Waals surface area contributed by atoms with Crippen LogP contribution in [0.15, 0.2) is 12.3 Å². The molecule has 1 aliphatic heterocycles. The molecule has 1 saturated heterocycles. The molecule has 3 fully saturated rings. The molecule has 132 valence electrons. The predicted octanol–water partition coefficient (Wildman–Crippen LogP) is 1.50. The number of carbonyl (C=O) groups is 1. The Morgan fingerprint density at radius 2 is 2.12 bits per heavy atom. The first-order valence-corrected chi connectivity index (χ1v) is 9.09. The van der Waals surface area contributed by atoms with Crippen LogP contribution < -0.4 is 0 Å². The van der Waals surface area contributed by atoms with Gasteiger partial charge >= 0.3 is 0 Å². The van der Waals surface area contributed by atoms with Gasteiger partial charge in [-0.15, -0.1) is 5.10 Å². The minimum Gasteiger partial charge on any atom is -0.375 e. The molecule has 2 aromatic heterocycles. The molecule has 0 radical (unpaired) electrons. The summed E-state index contributed by atoms with van der Waals surface area (Å²) in [6, 6.07) is 2.09. The third kappa shape index (κ3) is 3.18. The number of aromatic nitrogens is 5. The Morgan fingerprint density at radius 1 is 1.28 bits per heavy atom. The smallest absolute Gasteiger partial charge is 0.274 e. The van der Waals surface area contributed by atoms with Crippen molar-refractivity contribution in [2.75, 3.05) is 19.7 Å². The van der Waals surface area contributed by atoms with E-state index in [0.29, 0.717) is 31.3 Å². The van der Waals surface area contributed by atoms with Gasteiger partial charge in [0.1, 0.15) is 11.4 Å². The van der Waals surface area contributed by atoms with Crippen molar-refractivity contribution >= 4 is 5.91 Å². The van der Waals surface area contributed by atoms with Gasteiger partial charge in [0.15, 0.2) is 0 Å². The zero-order valence-electron chi connectivity index (χ0n) is 14.1. The number of carbonyl (C=O) groups excluding carboxylic acids is 1. The SMILES string of the molecule is O=C(c1cc(C2CC2)[nH]n1)N1CC(n2cc(COCC3CC3)nn2)C1. The third-order valence-electron chi connectivity index (χ3n) is 5.22. The van der Waals surface area contributed by atoms with E-state index in [1.807, 2.05) is 21.8 Å². The Kier molecular flexibility index (Phi) is 3.58. The van der Waals surface area contributed by atoms with Gasteiger partial charge in [-0.25, -0.2) is 4.68 Å². The zero-order valence-corrected chi connectivity index (χ0v) is 14.1. The van der Waals surface area contributed by atoms with E-state index in [4.69, 9.17) is 4.74 Å². The first kappa shape index (κ1) is 15.1. The van der Waals surface area contributed by atoms with Crippen LogP contribution in [0.25, 0.3) is 0 Å². The maximum absolute atomic E-state index is 12.5. The van der Waals surface area contributed by atoms with E-state index in [1.165, 1.54) is 25.7 Å². The number of H-pyrrole nitrogens is 1. The zero-order chi connectivity index (χ0) is 16.8. The lowest BCUT2D eigenvalue weighted by Crippen LogP contribution is -2.51. The molecule has 0 unspecified atom stereocenters. The first-order valence-electron chi connectivity index (χ1n) is 9.09. The Balaban J connectivity index is 1.13. The number of hydrogen-bond acceptors (Lipinski definition) is 5. The van der Waals surface area contributed by atoms with E-state index >= 15 is 0 Å². The van der Waals surface area contributed by atoms with Gasteiger partial charge in [-0.1, -0.05) is 5.21 Å². The van der Waals surface area contributed by atoms with Crippen molar-refractivity contribution in [1.82, 2.24) is 30.1 Å². The molecule has 5 rings (SSSR count). The van der Waals surface area contributed by atoms with Crippen molar-refractivity contribution in [2.24, 2.45) is 5.92 Å². The molecular formula is C17H22N6O2. The molecule has 2 aliphatic carbocycles. The predicted molar refractivity (Wildman–Crippen MR) is 87.9 cm³/mol. The number of nitrogens with one attached hydrogen (secondary N) is 1. The number of rotatable bonds is 7. The molecule has 2 aromatic rings. The summed E-state index contributed by atoms with van der Waals surface area (Å²) in [5.41, 5.74) is 2.47. The van der Waals surface area contributed by atoms with E-state index in [1.54, 1.807) is 0 Å². The number of nitrogens with zero attached hydrogens (tertiary/aromatic N) is 5. The van der Waals surface area contributed by atoms with Crippen LogP contribution in [0.3, 0.4) is 0 Å². The Labute approximate surface area is 145 Å². The minimum absolute atomic E-state index is 0.00694. The molecule has 1 N–H and O–H groups in total. The highest BCUT2D eigenvalue weighted by Crippen LogP contribution is 2.39. The van der Waals surface area contributed by atoms with Gasteiger partial charge in [0.2, 0.25) is 0 Å². The standard InChI is InChI=1S/C17H22N6O2/c24-17(16-5-15(19-20-16)12-3-4-12)22-7-14(8-22)23-6-13(18-21-23)10-25-9-11-1-2-11/h5-6,11-12,14H,1-4,7-10H2,(H,19,20). The molecule has 1 amide bonds. The van der Waals surface area contributed by atoms with E-state index in [9.17, 15) is 4.79 Å². The van der Waals surface area contributed by atoms with Crippen LogP contribution in [0.4, 0.5) is 0 Å². The second-order valence-corrected chi connectivity index (χ2v) is 7.50. The van der Waals surface area contributed by atoms with E-state index in [2.05, 4.69) is 20.5 Å². The topological polar surface area (TPSA) is 88.9 Å². The van der Waals surface area contributed by atoms with E-state index in [0.717, 1.165) is 23.9 Å². The molecule has 0 bridgehead atoms. The van der Waals surface area contributed by atoms with Crippen LogP contribution in [0.1, 0.15) is 59.5 Å². The number of aromatic amines is 1. The molecule has 25 heavy (non-hydrogen) atoms. The normalized spacial score (nSPS) is 20.7. The lowest BCUT2D eigenvalue weighted by molar-refractivity contribution is 0.0492. The van der Waals surface area contributed by atoms with Crippen molar-refractivity contribution in [3.63, 3.8) is 0 Å². The molecule has 0 spiro atoms. The molecular weight excluding hydrogens is 320 g/mol. The molecule has 0 aromatic carbocycles.